The van der Waals surface area contributed by atoms with Crippen LogP contribution in [0.5, 0.6) is 5.75 Å². The molecule has 0 aliphatic rings. The van der Waals surface area contributed by atoms with E-state index in [1.807, 2.05) is 0 Å². The highest BCUT2D eigenvalue weighted by atomic mass is 79.9. The Kier molecular flexibility index (Phi) is 3.50. The van der Waals surface area contributed by atoms with Gasteiger partial charge in [0.1, 0.15) is 5.75 Å². The molecule has 1 aromatic rings. The van der Waals surface area contributed by atoms with Gasteiger partial charge in [0.2, 0.25) is 0 Å². The Labute approximate surface area is 83.8 Å². The van der Waals surface area contributed by atoms with Gasteiger partial charge in [-0.05, 0) is 18.2 Å². The number of rotatable bonds is 3. The summed E-state index contributed by atoms with van der Waals surface area (Å²) in [6.45, 7) is 0. The Morgan fingerprint density at radius 1 is 1.46 bits per heavy atom. The van der Waals surface area contributed by atoms with Crippen LogP contribution in [-0.2, 0) is 4.57 Å². The van der Waals surface area contributed by atoms with Crippen molar-refractivity contribution in [2.45, 2.75) is 0 Å². The zero-order valence-electron chi connectivity index (χ0n) is 6.55. The van der Waals surface area contributed by atoms with Gasteiger partial charge >= 0.3 is 7.60 Å². The molecule has 0 saturated carbocycles. The van der Waals surface area contributed by atoms with E-state index < -0.39 is 13.9 Å². The topological polar surface area (TPSA) is 66.8 Å². The molecule has 13 heavy (non-hydrogen) atoms. The molecule has 0 unspecified atom stereocenters. The number of hydrogen-bond acceptors (Lipinski definition) is 2. The second-order valence-corrected chi connectivity index (χ2v) is 4.90. The van der Waals surface area contributed by atoms with E-state index in [1.165, 1.54) is 0 Å². The molecule has 0 amide bonds. The molecule has 6 heteroatoms. The fraction of sp³-hybridized carbons (Fsp3) is 0.143. The SMILES string of the molecule is O=P(O)(O)COc1cccc(Br)c1. The number of halogens is 1. The van der Waals surface area contributed by atoms with Crippen molar-refractivity contribution in [3.8, 4) is 5.75 Å². The minimum atomic E-state index is -4.08. The number of hydrogen-bond donors (Lipinski definition) is 2. The Balaban J connectivity index is 2.60. The van der Waals surface area contributed by atoms with E-state index >= 15 is 0 Å². The van der Waals surface area contributed by atoms with Crippen LogP contribution in [0.2, 0.25) is 0 Å². The van der Waals surface area contributed by atoms with E-state index in [0.717, 1.165) is 4.47 Å². The average Bonchev–Trinajstić information content (AvgIpc) is 2.00. The van der Waals surface area contributed by atoms with Crippen molar-refractivity contribution in [2.24, 2.45) is 0 Å². The Bertz CT molecular complexity index is 335. The Morgan fingerprint density at radius 2 is 2.15 bits per heavy atom. The zero-order chi connectivity index (χ0) is 9.90. The van der Waals surface area contributed by atoms with Crippen molar-refractivity contribution in [3.05, 3.63) is 28.7 Å². The normalized spacial score (nSPS) is 11.3. The van der Waals surface area contributed by atoms with Gasteiger partial charge in [0.15, 0.2) is 6.35 Å². The van der Waals surface area contributed by atoms with Crippen LogP contribution in [0.1, 0.15) is 0 Å². The Morgan fingerprint density at radius 3 is 2.69 bits per heavy atom. The quantitative estimate of drug-likeness (QED) is 0.821. The molecule has 0 aliphatic heterocycles. The van der Waals surface area contributed by atoms with E-state index in [4.69, 9.17) is 14.5 Å². The van der Waals surface area contributed by atoms with Crippen LogP contribution in [-0.4, -0.2) is 16.1 Å². The van der Waals surface area contributed by atoms with Crippen molar-refractivity contribution >= 4 is 23.5 Å². The van der Waals surface area contributed by atoms with Gasteiger partial charge in [0.05, 0.1) is 0 Å². The predicted molar refractivity (Wildman–Crippen MR) is 51.7 cm³/mol. The van der Waals surface area contributed by atoms with Gasteiger partial charge in [-0.15, -0.1) is 0 Å². The van der Waals surface area contributed by atoms with Crippen LogP contribution < -0.4 is 4.74 Å². The van der Waals surface area contributed by atoms with Gasteiger partial charge in [0, 0.05) is 4.47 Å². The van der Waals surface area contributed by atoms with Gasteiger partial charge < -0.3 is 14.5 Å². The summed E-state index contributed by atoms with van der Waals surface area (Å²) in [7, 11) is -4.08. The minimum absolute atomic E-state index is 0.428. The number of benzene rings is 1. The van der Waals surface area contributed by atoms with Gasteiger partial charge in [-0.1, -0.05) is 22.0 Å². The highest BCUT2D eigenvalue weighted by molar-refractivity contribution is 9.10. The lowest BCUT2D eigenvalue weighted by molar-refractivity contribution is 0.300. The highest BCUT2D eigenvalue weighted by Crippen LogP contribution is 2.34. The third kappa shape index (κ3) is 4.43. The molecule has 0 aromatic heterocycles. The maximum absolute atomic E-state index is 10.4. The standard InChI is InChI=1S/C7H8BrO4P/c8-6-2-1-3-7(4-6)12-5-13(9,10)11/h1-4H,5H2,(H2,9,10,11). The molecule has 0 saturated heterocycles. The Hall–Kier alpha value is -0.350. The molecule has 0 fully saturated rings. The first-order valence-corrected chi connectivity index (χ1v) is 5.99. The van der Waals surface area contributed by atoms with E-state index in [1.54, 1.807) is 24.3 Å². The molecule has 0 bridgehead atoms. The monoisotopic (exact) mass is 266 g/mol. The first-order chi connectivity index (χ1) is 5.97. The van der Waals surface area contributed by atoms with Crippen molar-refractivity contribution < 1.29 is 19.1 Å². The first kappa shape index (κ1) is 10.7. The van der Waals surface area contributed by atoms with E-state index in [9.17, 15) is 4.57 Å². The second-order valence-electron chi connectivity index (χ2n) is 2.40. The minimum Gasteiger partial charge on any atom is -0.481 e. The van der Waals surface area contributed by atoms with Crippen LogP contribution >= 0.6 is 23.5 Å². The molecular formula is C7H8BrO4P. The maximum atomic E-state index is 10.4. The summed E-state index contributed by atoms with van der Waals surface area (Å²) < 4.78 is 16.1. The van der Waals surface area contributed by atoms with Crippen LogP contribution in [0.3, 0.4) is 0 Å². The molecule has 0 aliphatic carbocycles. The molecule has 0 atom stereocenters. The van der Waals surface area contributed by atoms with Crippen molar-refractivity contribution in [2.75, 3.05) is 6.35 Å². The third-order valence-corrected chi connectivity index (χ3v) is 2.15. The zero-order valence-corrected chi connectivity index (χ0v) is 9.03. The van der Waals surface area contributed by atoms with E-state index in [-0.39, 0.29) is 0 Å². The maximum Gasteiger partial charge on any atom is 0.362 e. The van der Waals surface area contributed by atoms with Crippen LogP contribution in [0.15, 0.2) is 28.7 Å². The number of ether oxygens (including phenoxy) is 1. The van der Waals surface area contributed by atoms with Crippen molar-refractivity contribution in [1.82, 2.24) is 0 Å². The van der Waals surface area contributed by atoms with Gasteiger partial charge in [0.25, 0.3) is 0 Å². The molecule has 72 valence electrons. The van der Waals surface area contributed by atoms with Gasteiger partial charge in [-0.25, -0.2) is 0 Å². The fourth-order valence-electron chi connectivity index (χ4n) is 0.715. The molecule has 2 N–H and O–H groups in total. The summed E-state index contributed by atoms with van der Waals surface area (Å²) in [5, 5.41) is 0. The van der Waals surface area contributed by atoms with E-state index in [2.05, 4.69) is 15.9 Å². The molecule has 0 radical (unpaired) electrons. The van der Waals surface area contributed by atoms with Gasteiger partial charge in [-0.2, -0.15) is 0 Å². The largest absolute Gasteiger partial charge is 0.481 e. The molecule has 1 rings (SSSR count). The van der Waals surface area contributed by atoms with Crippen LogP contribution in [0.4, 0.5) is 0 Å². The highest BCUT2D eigenvalue weighted by Gasteiger charge is 2.13. The van der Waals surface area contributed by atoms with E-state index in [0.29, 0.717) is 5.75 Å². The molecule has 0 spiro atoms. The third-order valence-electron chi connectivity index (χ3n) is 1.20. The lowest BCUT2D eigenvalue weighted by Crippen LogP contribution is -1.97. The van der Waals surface area contributed by atoms with Crippen molar-refractivity contribution in [1.29, 1.82) is 0 Å². The predicted octanol–water partition coefficient (Wildman–Crippen LogP) is 1.96. The molecule has 0 heterocycles. The molecular weight excluding hydrogens is 259 g/mol. The molecule has 4 nitrogen and oxygen atoms in total. The average molecular weight is 267 g/mol. The lowest BCUT2D eigenvalue weighted by Gasteiger charge is -2.06. The van der Waals surface area contributed by atoms with Gasteiger partial charge in [-0.3, -0.25) is 4.57 Å². The fourth-order valence-corrected chi connectivity index (χ4v) is 1.41. The molecule has 1 aromatic carbocycles. The summed E-state index contributed by atoms with van der Waals surface area (Å²) in [6.07, 6.45) is -0.594. The summed E-state index contributed by atoms with van der Waals surface area (Å²) >= 11 is 3.21. The summed E-state index contributed by atoms with van der Waals surface area (Å²) in [5.41, 5.74) is 0. The summed E-state index contributed by atoms with van der Waals surface area (Å²) in [6, 6.07) is 6.78. The summed E-state index contributed by atoms with van der Waals surface area (Å²) in [5.74, 6) is 0.428. The second kappa shape index (κ2) is 4.24. The first-order valence-electron chi connectivity index (χ1n) is 3.40. The van der Waals surface area contributed by atoms with Crippen molar-refractivity contribution in [3.63, 3.8) is 0 Å². The smallest absolute Gasteiger partial charge is 0.362 e. The lowest BCUT2D eigenvalue weighted by atomic mass is 10.3. The van der Waals surface area contributed by atoms with Crippen LogP contribution in [0, 0.1) is 0 Å². The summed E-state index contributed by atoms with van der Waals surface area (Å²) in [4.78, 5) is 17.0. The van der Waals surface area contributed by atoms with Crippen LogP contribution in [0.25, 0.3) is 0 Å².